The first-order chi connectivity index (χ1) is 25.3. The maximum absolute atomic E-state index is 2.39. The van der Waals surface area contributed by atoms with E-state index in [4.69, 9.17) is 0 Å². The first kappa shape index (κ1) is 30.4. The van der Waals surface area contributed by atoms with Crippen molar-refractivity contribution < 1.29 is 0 Å². The van der Waals surface area contributed by atoms with E-state index in [1.807, 2.05) is 0 Å². The fourth-order valence-corrected chi connectivity index (χ4v) is 7.45. The van der Waals surface area contributed by atoms with Gasteiger partial charge < -0.3 is 4.90 Å². The molecule has 0 bridgehead atoms. The van der Waals surface area contributed by atoms with Gasteiger partial charge in [-0.2, -0.15) is 0 Å². The third-order valence-corrected chi connectivity index (χ3v) is 9.86. The zero-order chi connectivity index (χ0) is 34.0. The summed E-state index contributed by atoms with van der Waals surface area (Å²) in [7, 11) is 0. The first-order valence-electron chi connectivity index (χ1n) is 17.5. The van der Waals surface area contributed by atoms with Crippen LogP contribution in [0.4, 0.5) is 17.1 Å². The molecule has 0 N–H and O–H groups in total. The van der Waals surface area contributed by atoms with Gasteiger partial charge in [0.2, 0.25) is 0 Å². The summed E-state index contributed by atoms with van der Waals surface area (Å²) in [5.41, 5.74) is 13.1. The lowest BCUT2D eigenvalue weighted by Crippen LogP contribution is -2.09. The smallest absolute Gasteiger partial charge is 0.0468 e. The summed E-state index contributed by atoms with van der Waals surface area (Å²) >= 11 is 0. The quantitative estimate of drug-likeness (QED) is 0.155. The molecule has 9 aromatic rings. The Hall–Kier alpha value is -6.70. The number of rotatable bonds is 7. The molecule has 0 spiro atoms. The highest BCUT2D eigenvalue weighted by molar-refractivity contribution is 6.22. The molecule has 9 rings (SSSR count). The molecule has 0 saturated carbocycles. The average Bonchev–Trinajstić information content (AvgIpc) is 3.22. The van der Waals surface area contributed by atoms with Crippen molar-refractivity contribution >= 4 is 38.6 Å². The first-order valence-corrected chi connectivity index (χ1v) is 17.5. The molecule has 9 aromatic carbocycles. The Bertz CT molecular complexity index is 2540. The monoisotopic (exact) mass is 649 g/mol. The Morgan fingerprint density at radius 1 is 0.216 bits per heavy atom. The Morgan fingerprint density at radius 2 is 0.549 bits per heavy atom. The van der Waals surface area contributed by atoms with E-state index >= 15 is 0 Å². The molecular weight excluding hydrogens is 615 g/mol. The Kier molecular flexibility index (Phi) is 7.92. The summed E-state index contributed by atoms with van der Waals surface area (Å²) < 4.78 is 0. The standard InChI is InChI=1S/C50H35N/c1-5-15-36(16-6-1)38-25-29-40(30-26-38)49-45-23-13-14-24-46(45)50(41-31-27-39(28-32-41)37-17-7-2-8-18-37)48-35-44(33-34-47(48)49)51(42-19-9-3-10-20-42)43-21-11-4-12-22-43/h1-35H. The van der Waals surface area contributed by atoms with Gasteiger partial charge in [-0.25, -0.2) is 0 Å². The second-order valence-corrected chi connectivity index (χ2v) is 12.9. The van der Waals surface area contributed by atoms with Crippen LogP contribution in [0.5, 0.6) is 0 Å². The van der Waals surface area contributed by atoms with Gasteiger partial charge in [-0.15, -0.1) is 0 Å². The molecule has 0 saturated heterocycles. The highest BCUT2D eigenvalue weighted by Gasteiger charge is 2.20. The average molecular weight is 650 g/mol. The van der Waals surface area contributed by atoms with Crippen molar-refractivity contribution in [2.75, 3.05) is 4.90 Å². The largest absolute Gasteiger partial charge is 0.310 e. The molecule has 0 aromatic heterocycles. The molecule has 1 nitrogen and oxygen atoms in total. The minimum absolute atomic E-state index is 1.11. The van der Waals surface area contributed by atoms with E-state index in [-0.39, 0.29) is 0 Å². The Morgan fingerprint density at radius 3 is 1.00 bits per heavy atom. The van der Waals surface area contributed by atoms with Crippen LogP contribution < -0.4 is 4.90 Å². The highest BCUT2D eigenvalue weighted by atomic mass is 15.1. The minimum Gasteiger partial charge on any atom is -0.310 e. The van der Waals surface area contributed by atoms with Crippen molar-refractivity contribution in [2.24, 2.45) is 0 Å². The van der Waals surface area contributed by atoms with E-state index in [0.29, 0.717) is 0 Å². The van der Waals surface area contributed by atoms with Crippen LogP contribution >= 0.6 is 0 Å². The van der Waals surface area contributed by atoms with Gasteiger partial charge in [-0.3, -0.25) is 0 Å². The van der Waals surface area contributed by atoms with Crippen LogP contribution in [0.2, 0.25) is 0 Å². The third-order valence-electron chi connectivity index (χ3n) is 9.86. The Balaban J connectivity index is 1.31. The molecule has 240 valence electrons. The zero-order valence-electron chi connectivity index (χ0n) is 28.2. The van der Waals surface area contributed by atoms with Crippen LogP contribution in [-0.2, 0) is 0 Å². The van der Waals surface area contributed by atoms with Crippen LogP contribution in [0, 0.1) is 0 Å². The predicted octanol–water partition coefficient (Wildman–Crippen LogP) is 14.1. The maximum Gasteiger partial charge on any atom is 0.0468 e. The van der Waals surface area contributed by atoms with Gasteiger partial charge >= 0.3 is 0 Å². The second kappa shape index (κ2) is 13.3. The number of hydrogen-bond acceptors (Lipinski definition) is 1. The zero-order valence-corrected chi connectivity index (χ0v) is 28.2. The number of fused-ring (bicyclic) bond motifs is 2. The molecule has 0 aliphatic heterocycles. The summed E-state index contributed by atoms with van der Waals surface area (Å²) in [5.74, 6) is 0. The van der Waals surface area contributed by atoms with Gasteiger partial charge in [-0.1, -0.05) is 176 Å². The molecule has 1 heteroatoms. The molecule has 0 fully saturated rings. The van der Waals surface area contributed by atoms with Gasteiger partial charge in [-0.05, 0) is 102 Å². The van der Waals surface area contributed by atoms with Crippen molar-refractivity contribution in [3.8, 4) is 44.5 Å². The van der Waals surface area contributed by atoms with Gasteiger partial charge in [0.15, 0.2) is 0 Å². The van der Waals surface area contributed by atoms with Crippen molar-refractivity contribution in [3.05, 3.63) is 212 Å². The van der Waals surface area contributed by atoms with Crippen LogP contribution in [0.15, 0.2) is 212 Å². The molecule has 0 aliphatic rings. The third kappa shape index (κ3) is 5.75. The van der Waals surface area contributed by atoms with Gasteiger partial charge in [0.25, 0.3) is 0 Å². The van der Waals surface area contributed by atoms with Gasteiger partial charge in [0, 0.05) is 17.1 Å². The van der Waals surface area contributed by atoms with Crippen LogP contribution in [-0.4, -0.2) is 0 Å². The number of para-hydroxylation sites is 2. The van der Waals surface area contributed by atoms with E-state index in [1.165, 1.54) is 66.1 Å². The lowest BCUT2D eigenvalue weighted by Gasteiger charge is -2.27. The number of hydrogen-bond donors (Lipinski definition) is 0. The normalized spacial score (nSPS) is 11.1. The van der Waals surface area contributed by atoms with Crippen molar-refractivity contribution in [2.45, 2.75) is 0 Å². The SMILES string of the molecule is c1ccc(-c2ccc(-c3c4ccccc4c(-c4ccc(-c5ccccc5)cc4)c4cc(N(c5ccccc5)c5ccccc5)ccc34)cc2)cc1. The molecule has 0 atom stereocenters. The molecule has 51 heavy (non-hydrogen) atoms. The minimum atomic E-state index is 1.11. The fraction of sp³-hybridized carbons (Fsp3) is 0. The molecule has 0 heterocycles. The number of nitrogens with zero attached hydrogens (tertiary/aromatic N) is 1. The van der Waals surface area contributed by atoms with E-state index in [2.05, 4.69) is 217 Å². The second-order valence-electron chi connectivity index (χ2n) is 12.9. The van der Waals surface area contributed by atoms with Crippen LogP contribution in [0.3, 0.4) is 0 Å². The fourth-order valence-electron chi connectivity index (χ4n) is 7.45. The molecule has 0 radical (unpaired) electrons. The van der Waals surface area contributed by atoms with Gasteiger partial charge in [0.1, 0.15) is 0 Å². The topological polar surface area (TPSA) is 3.24 Å². The van der Waals surface area contributed by atoms with E-state index < -0.39 is 0 Å². The predicted molar refractivity (Wildman–Crippen MR) is 218 cm³/mol. The Labute approximate surface area is 299 Å². The molecule has 0 unspecified atom stereocenters. The summed E-state index contributed by atoms with van der Waals surface area (Å²) in [6.45, 7) is 0. The molecule has 0 amide bonds. The van der Waals surface area contributed by atoms with E-state index in [1.54, 1.807) is 0 Å². The van der Waals surface area contributed by atoms with Crippen LogP contribution in [0.1, 0.15) is 0 Å². The number of anilines is 3. The summed E-state index contributed by atoms with van der Waals surface area (Å²) in [4.78, 5) is 2.35. The summed E-state index contributed by atoms with van der Waals surface area (Å²) in [5, 5.41) is 4.93. The molecule has 0 aliphatic carbocycles. The van der Waals surface area contributed by atoms with Crippen molar-refractivity contribution in [1.29, 1.82) is 0 Å². The molecular formula is C50H35N. The lowest BCUT2D eigenvalue weighted by molar-refractivity contribution is 1.29. The van der Waals surface area contributed by atoms with Crippen molar-refractivity contribution in [3.63, 3.8) is 0 Å². The van der Waals surface area contributed by atoms with Crippen LogP contribution in [0.25, 0.3) is 66.1 Å². The summed E-state index contributed by atoms with van der Waals surface area (Å²) in [6, 6.07) is 76.6. The summed E-state index contributed by atoms with van der Waals surface area (Å²) in [6.07, 6.45) is 0. The highest BCUT2D eigenvalue weighted by Crippen LogP contribution is 2.46. The van der Waals surface area contributed by atoms with Gasteiger partial charge in [0.05, 0.1) is 0 Å². The maximum atomic E-state index is 2.39. The lowest BCUT2D eigenvalue weighted by atomic mass is 9.85. The van der Waals surface area contributed by atoms with E-state index in [9.17, 15) is 0 Å². The van der Waals surface area contributed by atoms with E-state index in [0.717, 1.165) is 17.1 Å². The number of benzene rings is 9. The van der Waals surface area contributed by atoms with Crippen molar-refractivity contribution in [1.82, 2.24) is 0 Å².